The maximum absolute atomic E-state index is 2.21. The van der Waals surface area contributed by atoms with Gasteiger partial charge in [0, 0.05) is 21.3 Å². The lowest BCUT2D eigenvalue weighted by Crippen LogP contribution is -1.91. The quantitative estimate of drug-likeness (QED) is 0.470. The van der Waals surface area contributed by atoms with Gasteiger partial charge in [0.2, 0.25) is 0 Å². The summed E-state index contributed by atoms with van der Waals surface area (Å²) in [6.07, 6.45) is 3.93. The first kappa shape index (κ1) is 14.8. The minimum atomic E-state index is 1.16. The van der Waals surface area contributed by atoms with Crippen LogP contribution in [-0.4, -0.2) is 11.5 Å². The Kier molecular flexibility index (Phi) is 5.47. The van der Waals surface area contributed by atoms with E-state index in [0.29, 0.717) is 0 Å². The van der Waals surface area contributed by atoms with Crippen molar-refractivity contribution in [3.8, 4) is 0 Å². The second-order valence-corrected chi connectivity index (χ2v) is 7.36. The zero-order valence-corrected chi connectivity index (χ0v) is 13.8. The second-order valence-electron chi connectivity index (χ2n) is 5.26. The molecule has 0 atom stereocenters. The summed E-state index contributed by atoms with van der Waals surface area (Å²) < 4.78 is 0. The van der Waals surface area contributed by atoms with Crippen LogP contribution in [0.2, 0.25) is 0 Å². The van der Waals surface area contributed by atoms with Gasteiger partial charge in [-0.25, -0.2) is 0 Å². The van der Waals surface area contributed by atoms with Crippen LogP contribution in [-0.2, 0) is 0 Å². The molecule has 0 amide bonds. The van der Waals surface area contributed by atoms with E-state index in [1.807, 2.05) is 23.5 Å². The summed E-state index contributed by atoms with van der Waals surface area (Å²) in [6.45, 7) is 0. The Bertz CT molecular complexity index is 534. The molecule has 0 saturated carbocycles. The monoisotopic (exact) mass is 312 g/mol. The van der Waals surface area contributed by atoms with Gasteiger partial charge in [-0.05, 0) is 43.5 Å². The van der Waals surface area contributed by atoms with Crippen LogP contribution in [0.4, 0.5) is 0 Å². The SMILES string of the molecule is c1ccc(SCC2=C(CSc3ccccc3)CCC2)cc1. The van der Waals surface area contributed by atoms with Crippen molar-refractivity contribution in [2.75, 3.05) is 11.5 Å². The Morgan fingerprint density at radius 3 is 1.48 bits per heavy atom. The van der Waals surface area contributed by atoms with Crippen molar-refractivity contribution in [3.63, 3.8) is 0 Å². The zero-order valence-electron chi connectivity index (χ0n) is 12.1. The predicted molar refractivity (Wildman–Crippen MR) is 95.2 cm³/mol. The number of benzene rings is 2. The van der Waals surface area contributed by atoms with E-state index in [-0.39, 0.29) is 0 Å². The Balaban J connectivity index is 1.57. The van der Waals surface area contributed by atoms with Crippen LogP contribution in [0, 0.1) is 0 Å². The lowest BCUT2D eigenvalue weighted by molar-refractivity contribution is 0.895. The molecule has 0 N–H and O–H groups in total. The van der Waals surface area contributed by atoms with Crippen LogP contribution in [0.3, 0.4) is 0 Å². The van der Waals surface area contributed by atoms with E-state index >= 15 is 0 Å². The molecule has 0 aromatic heterocycles. The normalized spacial score (nSPS) is 14.7. The van der Waals surface area contributed by atoms with E-state index < -0.39 is 0 Å². The lowest BCUT2D eigenvalue weighted by atomic mass is 10.2. The van der Waals surface area contributed by atoms with E-state index in [0.717, 1.165) is 11.5 Å². The summed E-state index contributed by atoms with van der Waals surface area (Å²) >= 11 is 3.95. The Hall–Kier alpha value is -1.12. The molecule has 0 fully saturated rings. The van der Waals surface area contributed by atoms with Crippen molar-refractivity contribution in [1.82, 2.24) is 0 Å². The van der Waals surface area contributed by atoms with Crippen LogP contribution >= 0.6 is 23.5 Å². The standard InChI is InChI=1S/C19H20S2/c1-3-10-18(11-4-1)20-14-16-8-7-9-17(16)15-21-19-12-5-2-6-13-19/h1-6,10-13H,7-9,14-15H2. The van der Waals surface area contributed by atoms with Crippen molar-refractivity contribution in [2.45, 2.75) is 29.1 Å². The molecule has 0 saturated heterocycles. The summed E-state index contributed by atoms with van der Waals surface area (Å²) in [7, 11) is 0. The molecule has 0 heterocycles. The molecular formula is C19H20S2. The molecule has 21 heavy (non-hydrogen) atoms. The fourth-order valence-corrected chi connectivity index (χ4v) is 4.67. The van der Waals surface area contributed by atoms with Crippen LogP contribution in [0.25, 0.3) is 0 Å². The highest BCUT2D eigenvalue weighted by molar-refractivity contribution is 7.99. The Morgan fingerprint density at radius 1 is 0.619 bits per heavy atom. The summed E-state index contributed by atoms with van der Waals surface area (Å²) in [6, 6.07) is 21.5. The fraction of sp³-hybridized carbons (Fsp3) is 0.263. The molecule has 108 valence electrons. The van der Waals surface area contributed by atoms with Gasteiger partial charge in [-0.1, -0.05) is 47.5 Å². The molecule has 3 rings (SSSR count). The predicted octanol–water partition coefficient (Wildman–Crippen LogP) is 6.05. The van der Waals surface area contributed by atoms with Crippen molar-refractivity contribution in [2.24, 2.45) is 0 Å². The summed E-state index contributed by atoms with van der Waals surface area (Å²) in [5.41, 5.74) is 3.37. The molecule has 0 nitrogen and oxygen atoms in total. The van der Waals surface area contributed by atoms with Gasteiger partial charge in [0.15, 0.2) is 0 Å². The highest BCUT2D eigenvalue weighted by atomic mass is 32.2. The van der Waals surface area contributed by atoms with Gasteiger partial charge in [0.05, 0.1) is 0 Å². The van der Waals surface area contributed by atoms with Crippen molar-refractivity contribution >= 4 is 23.5 Å². The minimum absolute atomic E-state index is 1.16. The third kappa shape index (κ3) is 4.42. The summed E-state index contributed by atoms with van der Waals surface area (Å²) in [4.78, 5) is 2.76. The van der Waals surface area contributed by atoms with E-state index in [4.69, 9.17) is 0 Å². The van der Waals surface area contributed by atoms with E-state index in [2.05, 4.69) is 60.7 Å². The smallest absolute Gasteiger partial charge is 0.0193 e. The maximum Gasteiger partial charge on any atom is 0.0193 e. The molecule has 0 aliphatic heterocycles. The third-order valence-corrected chi connectivity index (χ3v) is 5.97. The van der Waals surface area contributed by atoms with E-state index in [1.54, 1.807) is 11.1 Å². The van der Waals surface area contributed by atoms with Gasteiger partial charge in [0.25, 0.3) is 0 Å². The number of hydrogen-bond acceptors (Lipinski definition) is 2. The zero-order chi connectivity index (χ0) is 14.3. The molecule has 0 spiro atoms. The number of hydrogen-bond donors (Lipinski definition) is 0. The van der Waals surface area contributed by atoms with Crippen molar-refractivity contribution < 1.29 is 0 Å². The largest absolute Gasteiger partial charge is 0.122 e. The first-order valence-corrected chi connectivity index (χ1v) is 9.44. The molecule has 2 aromatic carbocycles. The van der Waals surface area contributed by atoms with Crippen molar-refractivity contribution in [1.29, 1.82) is 0 Å². The number of thioether (sulfide) groups is 2. The third-order valence-electron chi connectivity index (χ3n) is 3.77. The second kappa shape index (κ2) is 7.77. The van der Waals surface area contributed by atoms with Gasteiger partial charge in [-0.3, -0.25) is 0 Å². The van der Waals surface area contributed by atoms with Gasteiger partial charge < -0.3 is 0 Å². The Morgan fingerprint density at radius 2 is 1.05 bits per heavy atom. The van der Waals surface area contributed by atoms with Crippen LogP contribution in [0.15, 0.2) is 81.6 Å². The average molecular weight is 313 g/mol. The minimum Gasteiger partial charge on any atom is -0.122 e. The van der Waals surface area contributed by atoms with E-state index in [9.17, 15) is 0 Å². The first-order valence-electron chi connectivity index (χ1n) is 7.47. The molecule has 2 aromatic rings. The molecule has 1 aliphatic carbocycles. The van der Waals surface area contributed by atoms with Gasteiger partial charge in [0.1, 0.15) is 0 Å². The van der Waals surface area contributed by atoms with Crippen LogP contribution < -0.4 is 0 Å². The first-order chi connectivity index (χ1) is 10.4. The molecule has 0 bridgehead atoms. The van der Waals surface area contributed by atoms with Crippen LogP contribution in [0.1, 0.15) is 19.3 Å². The Labute approximate surface area is 136 Å². The maximum atomic E-state index is 2.21. The van der Waals surface area contributed by atoms with Gasteiger partial charge in [-0.15, -0.1) is 23.5 Å². The molecule has 1 aliphatic rings. The van der Waals surface area contributed by atoms with Gasteiger partial charge >= 0.3 is 0 Å². The lowest BCUT2D eigenvalue weighted by Gasteiger charge is -2.08. The van der Waals surface area contributed by atoms with Gasteiger partial charge in [-0.2, -0.15) is 0 Å². The van der Waals surface area contributed by atoms with Crippen LogP contribution in [0.5, 0.6) is 0 Å². The molecule has 2 heteroatoms. The highest BCUT2D eigenvalue weighted by Gasteiger charge is 2.14. The summed E-state index contributed by atoms with van der Waals surface area (Å²) in [5, 5.41) is 0. The summed E-state index contributed by atoms with van der Waals surface area (Å²) in [5.74, 6) is 2.32. The molecule has 0 radical (unpaired) electrons. The molecular weight excluding hydrogens is 292 g/mol. The number of rotatable bonds is 6. The van der Waals surface area contributed by atoms with E-state index in [1.165, 1.54) is 29.1 Å². The topological polar surface area (TPSA) is 0 Å². The molecule has 0 unspecified atom stereocenters. The average Bonchev–Trinajstić information content (AvgIpc) is 3.00. The highest BCUT2D eigenvalue weighted by Crippen LogP contribution is 2.34. The fourth-order valence-electron chi connectivity index (χ4n) is 2.59. The van der Waals surface area contributed by atoms with Crippen molar-refractivity contribution in [3.05, 3.63) is 71.8 Å².